The van der Waals surface area contributed by atoms with E-state index in [0.717, 1.165) is 71.2 Å². The van der Waals surface area contributed by atoms with Gasteiger partial charge in [-0.15, -0.1) is 11.3 Å². The second kappa shape index (κ2) is 7.43. The number of anilines is 2. The Bertz CT molecular complexity index is 1070. The number of amides is 1. The molecule has 1 fully saturated rings. The van der Waals surface area contributed by atoms with Crippen LogP contribution in [0.2, 0.25) is 0 Å². The Kier molecular flexibility index (Phi) is 4.73. The van der Waals surface area contributed by atoms with Gasteiger partial charge in [0.1, 0.15) is 16.4 Å². The summed E-state index contributed by atoms with van der Waals surface area (Å²) < 4.78 is 13.2. The maximum atomic E-state index is 13.2. The third-order valence-corrected chi connectivity index (χ3v) is 7.12. The molecule has 3 N–H and O–H groups in total. The van der Waals surface area contributed by atoms with Crippen LogP contribution in [0.4, 0.5) is 15.8 Å². The highest BCUT2D eigenvalue weighted by atomic mass is 32.1. The molecular weight excluding hydrogens is 401 g/mol. The standard InChI is InChI=1S/C22H24FN5OS/c1-2-3-17-16(13-24-27-17)19-12-18-20(30-19)21(29)26-22(25-18)8-10-28(11-9-22)15-6-4-14(23)5-7-15/h4-7,12-13,25H,2-3,8-11H2,1H3,(H,24,27)(H,26,29). The van der Waals surface area contributed by atoms with Gasteiger partial charge in [-0.25, -0.2) is 4.39 Å². The molecule has 6 nitrogen and oxygen atoms in total. The molecule has 2 aliphatic rings. The third-order valence-electron chi connectivity index (χ3n) is 5.96. The number of aromatic nitrogens is 2. The van der Waals surface area contributed by atoms with Gasteiger partial charge in [0.25, 0.3) is 5.91 Å². The number of carbonyl (C=O) groups is 1. The molecule has 0 atom stereocenters. The van der Waals surface area contributed by atoms with Crippen LogP contribution in [-0.2, 0) is 6.42 Å². The zero-order valence-electron chi connectivity index (χ0n) is 16.8. The Morgan fingerprint density at radius 3 is 2.70 bits per heavy atom. The molecule has 4 heterocycles. The van der Waals surface area contributed by atoms with E-state index in [1.54, 1.807) is 0 Å². The molecule has 2 aromatic heterocycles. The Morgan fingerprint density at radius 2 is 1.97 bits per heavy atom. The first-order chi connectivity index (χ1) is 14.6. The van der Waals surface area contributed by atoms with Gasteiger partial charge in [-0.2, -0.15) is 5.10 Å². The molecule has 0 aliphatic carbocycles. The first-order valence-corrected chi connectivity index (χ1v) is 11.2. The van der Waals surface area contributed by atoms with Crippen LogP contribution in [0.1, 0.15) is 41.6 Å². The van der Waals surface area contributed by atoms with Crippen molar-refractivity contribution in [1.82, 2.24) is 15.5 Å². The molecule has 0 unspecified atom stereocenters. The fourth-order valence-corrected chi connectivity index (χ4v) is 5.41. The van der Waals surface area contributed by atoms with Gasteiger partial charge >= 0.3 is 0 Å². The van der Waals surface area contributed by atoms with E-state index in [4.69, 9.17) is 0 Å². The van der Waals surface area contributed by atoms with Crippen LogP contribution in [0.3, 0.4) is 0 Å². The smallest absolute Gasteiger partial charge is 0.265 e. The molecule has 5 rings (SSSR count). The Hall–Kier alpha value is -2.87. The first kappa shape index (κ1) is 19.1. The molecule has 0 radical (unpaired) electrons. The van der Waals surface area contributed by atoms with Gasteiger partial charge in [-0.05, 0) is 36.8 Å². The molecule has 0 bridgehead atoms. The van der Waals surface area contributed by atoms with Crippen LogP contribution in [0.5, 0.6) is 0 Å². The average Bonchev–Trinajstić information content (AvgIpc) is 3.36. The van der Waals surface area contributed by atoms with Gasteiger partial charge in [0.05, 0.1) is 11.9 Å². The van der Waals surface area contributed by atoms with Crippen molar-refractivity contribution in [1.29, 1.82) is 0 Å². The lowest BCUT2D eigenvalue weighted by molar-refractivity contribution is 0.0890. The van der Waals surface area contributed by atoms with E-state index >= 15 is 0 Å². The summed E-state index contributed by atoms with van der Waals surface area (Å²) in [6, 6.07) is 8.67. The van der Waals surface area contributed by atoms with E-state index < -0.39 is 5.66 Å². The number of nitrogens with zero attached hydrogens (tertiary/aromatic N) is 2. The number of rotatable bonds is 4. The van der Waals surface area contributed by atoms with E-state index in [2.05, 4.69) is 38.7 Å². The number of carbonyl (C=O) groups excluding carboxylic acids is 1. The van der Waals surface area contributed by atoms with Gasteiger partial charge in [0.15, 0.2) is 0 Å². The van der Waals surface area contributed by atoms with Gasteiger partial charge < -0.3 is 15.5 Å². The van der Waals surface area contributed by atoms with Gasteiger partial charge in [-0.1, -0.05) is 13.3 Å². The fourth-order valence-electron chi connectivity index (χ4n) is 4.36. The molecule has 1 aromatic carbocycles. The zero-order chi connectivity index (χ0) is 20.7. The minimum atomic E-state index is -0.443. The Labute approximate surface area is 178 Å². The highest BCUT2D eigenvalue weighted by Crippen LogP contribution is 2.41. The first-order valence-electron chi connectivity index (χ1n) is 10.3. The number of benzene rings is 1. The second-order valence-electron chi connectivity index (χ2n) is 7.99. The largest absolute Gasteiger partial charge is 0.371 e. The number of hydrogen-bond donors (Lipinski definition) is 3. The molecule has 1 spiro atoms. The van der Waals surface area contributed by atoms with E-state index in [9.17, 15) is 9.18 Å². The van der Waals surface area contributed by atoms with Crippen LogP contribution >= 0.6 is 11.3 Å². The quantitative estimate of drug-likeness (QED) is 0.580. The monoisotopic (exact) mass is 425 g/mol. The lowest BCUT2D eigenvalue weighted by Crippen LogP contribution is -2.62. The van der Waals surface area contributed by atoms with E-state index in [1.807, 2.05) is 18.3 Å². The van der Waals surface area contributed by atoms with Crippen LogP contribution < -0.4 is 15.5 Å². The maximum absolute atomic E-state index is 13.2. The average molecular weight is 426 g/mol. The summed E-state index contributed by atoms with van der Waals surface area (Å²) in [5.74, 6) is -0.246. The van der Waals surface area contributed by atoms with Crippen molar-refractivity contribution in [2.24, 2.45) is 0 Å². The number of fused-ring (bicyclic) bond motifs is 1. The summed E-state index contributed by atoms with van der Waals surface area (Å²) in [6.45, 7) is 3.71. The molecular formula is C22H24FN5OS. The second-order valence-corrected chi connectivity index (χ2v) is 9.04. The predicted octanol–water partition coefficient (Wildman–Crippen LogP) is 4.38. The topological polar surface area (TPSA) is 73.0 Å². The van der Waals surface area contributed by atoms with Crippen LogP contribution in [0, 0.1) is 5.82 Å². The van der Waals surface area contributed by atoms with E-state index in [-0.39, 0.29) is 11.7 Å². The van der Waals surface area contributed by atoms with Gasteiger partial charge in [-0.3, -0.25) is 9.89 Å². The van der Waals surface area contributed by atoms with Crippen molar-refractivity contribution in [2.75, 3.05) is 23.3 Å². The number of nitrogens with one attached hydrogen (secondary N) is 3. The normalized spacial score (nSPS) is 17.5. The van der Waals surface area contributed by atoms with Crippen molar-refractivity contribution in [3.8, 4) is 10.4 Å². The zero-order valence-corrected chi connectivity index (χ0v) is 17.6. The summed E-state index contributed by atoms with van der Waals surface area (Å²) in [6.07, 6.45) is 5.35. The molecule has 8 heteroatoms. The summed E-state index contributed by atoms with van der Waals surface area (Å²) in [5.41, 5.74) is 3.65. The Balaban J connectivity index is 1.35. The van der Waals surface area contributed by atoms with Crippen molar-refractivity contribution in [3.63, 3.8) is 0 Å². The van der Waals surface area contributed by atoms with E-state index in [1.165, 1.54) is 23.5 Å². The number of halogens is 1. The molecule has 156 valence electrons. The van der Waals surface area contributed by atoms with Crippen LogP contribution in [0.25, 0.3) is 10.4 Å². The number of aryl methyl sites for hydroxylation is 1. The van der Waals surface area contributed by atoms with E-state index in [0.29, 0.717) is 0 Å². The minimum Gasteiger partial charge on any atom is -0.371 e. The molecule has 3 aromatic rings. The van der Waals surface area contributed by atoms with Crippen LogP contribution in [-0.4, -0.2) is 34.9 Å². The number of hydrogen-bond acceptors (Lipinski definition) is 5. The molecule has 2 aliphatic heterocycles. The molecule has 30 heavy (non-hydrogen) atoms. The molecule has 1 amide bonds. The number of thiophene rings is 1. The van der Waals surface area contributed by atoms with Crippen molar-refractivity contribution < 1.29 is 9.18 Å². The number of H-pyrrole nitrogens is 1. The highest BCUT2D eigenvalue weighted by Gasteiger charge is 2.41. The SMILES string of the molecule is CCCc1[nH]ncc1-c1cc2c(s1)C(=O)NC1(CCN(c3ccc(F)cc3)CC1)N2. The maximum Gasteiger partial charge on any atom is 0.265 e. The lowest BCUT2D eigenvalue weighted by Gasteiger charge is -2.45. The molecule has 0 saturated carbocycles. The van der Waals surface area contributed by atoms with Gasteiger partial charge in [0.2, 0.25) is 0 Å². The minimum absolute atomic E-state index is 0.0178. The lowest BCUT2D eigenvalue weighted by atomic mass is 9.93. The summed E-state index contributed by atoms with van der Waals surface area (Å²) in [7, 11) is 0. The predicted molar refractivity (Wildman–Crippen MR) is 118 cm³/mol. The van der Waals surface area contributed by atoms with Crippen LogP contribution in [0.15, 0.2) is 36.5 Å². The van der Waals surface area contributed by atoms with Crippen molar-refractivity contribution in [3.05, 3.63) is 52.9 Å². The van der Waals surface area contributed by atoms with Crippen molar-refractivity contribution >= 4 is 28.6 Å². The Morgan fingerprint density at radius 1 is 1.20 bits per heavy atom. The molecule has 1 saturated heterocycles. The van der Waals surface area contributed by atoms with Crippen molar-refractivity contribution in [2.45, 2.75) is 38.3 Å². The number of piperidine rings is 1. The summed E-state index contributed by atoms with van der Waals surface area (Å²) in [4.78, 5) is 16.9. The highest BCUT2D eigenvalue weighted by molar-refractivity contribution is 7.18. The fraction of sp³-hybridized carbons (Fsp3) is 0.364. The summed E-state index contributed by atoms with van der Waals surface area (Å²) >= 11 is 1.51. The number of aromatic amines is 1. The third kappa shape index (κ3) is 3.35. The van der Waals surface area contributed by atoms with Gasteiger partial charge in [0, 0.05) is 47.8 Å². The summed E-state index contributed by atoms with van der Waals surface area (Å²) in [5, 5.41) is 14.1.